The Morgan fingerprint density at radius 1 is 1.55 bits per heavy atom. The van der Waals surface area contributed by atoms with Gasteiger partial charge in [-0.15, -0.1) is 0 Å². The van der Waals surface area contributed by atoms with Crippen molar-refractivity contribution in [3.63, 3.8) is 0 Å². The van der Waals surface area contributed by atoms with Gasteiger partial charge in [-0.3, -0.25) is 9.48 Å². The Labute approximate surface area is 123 Å². The molecular weight excluding hydrogens is 280 g/mol. The molecule has 1 fully saturated rings. The summed E-state index contributed by atoms with van der Waals surface area (Å²) in [7, 11) is 5.56. The molecular formula is C13H21ClN4O2. The molecule has 1 aromatic heterocycles. The SMILES string of the molecule is Cc1c(Cl)c(C(=O)N2CC[C@@](O)(CN(C)C)C2)nn1C. The fourth-order valence-corrected chi connectivity index (χ4v) is 2.86. The maximum absolute atomic E-state index is 12.4. The summed E-state index contributed by atoms with van der Waals surface area (Å²) < 4.78 is 1.59. The van der Waals surface area contributed by atoms with Gasteiger partial charge in [-0.2, -0.15) is 5.10 Å². The van der Waals surface area contributed by atoms with Gasteiger partial charge < -0.3 is 14.9 Å². The number of nitrogens with zero attached hydrogens (tertiary/aromatic N) is 4. The van der Waals surface area contributed by atoms with Crippen molar-refractivity contribution in [3.8, 4) is 0 Å². The summed E-state index contributed by atoms with van der Waals surface area (Å²) in [5.41, 5.74) is 0.175. The van der Waals surface area contributed by atoms with Crippen LogP contribution in [-0.2, 0) is 7.05 Å². The largest absolute Gasteiger partial charge is 0.387 e. The van der Waals surface area contributed by atoms with Gasteiger partial charge in [0, 0.05) is 20.1 Å². The van der Waals surface area contributed by atoms with E-state index in [0.717, 1.165) is 5.69 Å². The maximum Gasteiger partial charge on any atom is 0.276 e. The van der Waals surface area contributed by atoms with Crippen LogP contribution in [0.5, 0.6) is 0 Å². The molecule has 2 rings (SSSR count). The standard InChI is InChI=1S/C13H21ClN4O2/c1-9-10(14)11(15-17(9)4)12(19)18-6-5-13(20,8-18)7-16(2)3/h20H,5-8H2,1-4H3/t13-/m1/s1. The van der Waals surface area contributed by atoms with Crippen LogP contribution >= 0.6 is 11.6 Å². The fraction of sp³-hybridized carbons (Fsp3) is 0.692. The number of carbonyl (C=O) groups excluding carboxylic acids is 1. The Morgan fingerprint density at radius 2 is 2.20 bits per heavy atom. The lowest BCUT2D eigenvalue weighted by Gasteiger charge is -2.26. The van der Waals surface area contributed by atoms with Crippen molar-refractivity contribution >= 4 is 17.5 Å². The van der Waals surface area contributed by atoms with E-state index in [9.17, 15) is 9.90 Å². The molecule has 1 saturated heterocycles. The Kier molecular flexibility index (Phi) is 4.09. The molecule has 6 nitrogen and oxygen atoms in total. The number of β-amino-alcohol motifs (C(OH)–C–C–N with tert-alkyl or cyclic N) is 1. The first-order chi connectivity index (χ1) is 9.23. The zero-order chi connectivity index (χ0) is 15.1. The monoisotopic (exact) mass is 300 g/mol. The molecule has 1 aliphatic heterocycles. The summed E-state index contributed by atoms with van der Waals surface area (Å²) in [6, 6.07) is 0. The Hall–Kier alpha value is -1.11. The normalized spacial score (nSPS) is 22.9. The summed E-state index contributed by atoms with van der Waals surface area (Å²) in [6.07, 6.45) is 0.570. The average Bonchev–Trinajstić information content (AvgIpc) is 2.84. The molecule has 1 aromatic rings. The number of hydrogen-bond donors (Lipinski definition) is 1. The highest BCUT2D eigenvalue weighted by Crippen LogP contribution is 2.26. The van der Waals surface area contributed by atoms with Crippen LogP contribution in [0.4, 0.5) is 0 Å². The van der Waals surface area contributed by atoms with E-state index in [1.54, 1.807) is 16.6 Å². The predicted octanol–water partition coefficient (Wildman–Crippen LogP) is 0.521. The van der Waals surface area contributed by atoms with Gasteiger partial charge in [-0.05, 0) is 27.4 Å². The van der Waals surface area contributed by atoms with E-state index in [4.69, 9.17) is 11.6 Å². The summed E-state index contributed by atoms with van der Waals surface area (Å²) in [6.45, 7) is 3.19. The third-order valence-electron chi connectivity index (χ3n) is 3.69. The number of halogens is 1. The number of likely N-dealkylation sites (N-methyl/N-ethyl adjacent to an activating group) is 1. The molecule has 0 unspecified atom stereocenters. The lowest BCUT2D eigenvalue weighted by atomic mass is 10.0. The summed E-state index contributed by atoms with van der Waals surface area (Å²) in [5, 5.41) is 15.0. The van der Waals surface area contributed by atoms with Crippen molar-refractivity contribution < 1.29 is 9.90 Å². The number of likely N-dealkylation sites (tertiary alicyclic amines) is 1. The first-order valence-electron chi connectivity index (χ1n) is 6.59. The van der Waals surface area contributed by atoms with Crippen LogP contribution < -0.4 is 0 Å². The van der Waals surface area contributed by atoms with E-state index in [1.807, 2.05) is 25.9 Å². The average molecular weight is 301 g/mol. The van der Waals surface area contributed by atoms with Crippen molar-refractivity contribution in [2.75, 3.05) is 33.7 Å². The zero-order valence-electron chi connectivity index (χ0n) is 12.4. The van der Waals surface area contributed by atoms with Crippen molar-refractivity contribution in [1.82, 2.24) is 19.6 Å². The van der Waals surface area contributed by atoms with Crippen LogP contribution in [0.2, 0.25) is 5.02 Å². The van der Waals surface area contributed by atoms with Gasteiger partial charge in [-0.1, -0.05) is 11.6 Å². The molecule has 1 aliphatic rings. The topological polar surface area (TPSA) is 61.6 Å². The molecule has 0 saturated carbocycles. The van der Waals surface area contributed by atoms with Crippen molar-refractivity contribution in [1.29, 1.82) is 0 Å². The number of aliphatic hydroxyl groups is 1. The molecule has 1 N–H and O–H groups in total. The summed E-state index contributed by atoms with van der Waals surface area (Å²) in [4.78, 5) is 16.0. The fourth-order valence-electron chi connectivity index (χ4n) is 2.62. The minimum Gasteiger partial charge on any atom is -0.387 e. The Bertz CT molecular complexity index is 529. The number of hydrogen-bond acceptors (Lipinski definition) is 4. The number of aryl methyl sites for hydroxylation is 1. The zero-order valence-corrected chi connectivity index (χ0v) is 13.1. The van der Waals surface area contributed by atoms with E-state index < -0.39 is 5.60 Å². The van der Waals surface area contributed by atoms with Gasteiger partial charge in [0.25, 0.3) is 5.91 Å². The molecule has 0 aromatic carbocycles. The smallest absolute Gasteiger partial charge is 0.276 e. The lowest BCUT2D eigenvalue weighted by molar-refractivity contribution is 0.0235. The summed E-state index contributed by atoms with van der Waals surface area (Å²) in [5.74, 6) is -0.214. The van der Waals surface area contributed by atoms with Gasteiger partial charge in [0.1, 0.15) is 0 Å². The minimum absolute atomic E-state index is 0.214. The molecule has 1 amide bonds. The van der Waals surface area contributed by atoms with Crippen LogP contribution in [0.25, 0.3) is 0 Å². The predicted molar refractivity (Wildman–Crippen MR) is 77.0 cm³/mol. The second-order valence-electron chi connectivity index (χ2n) is 5.81. The molecule has 112 valence electrons. The third-order valence-corrected chi connectivity index (χ3v) is 4.15. The highest BCUT2D eigenvalue weighted by molar-refractivity contribution is 6.34. The van der Waals surface area contributed by atoms with Crippen LogP contribution in [0.1, 0.15) is 22.6 Å². The van der Waals surface area contributed by atoms with E-state index in [0.29, 0.717) is 31.1 Å². The van der Waals surface area contributed by atoms with Crippen molar-refractivity contribution in [2.45, 2.75) is 18.9 Å². The Balaban J connectivity index is 2.14. The van der Waals surface area contributed by atoms with E-state index in [1.165, 1.54) is 0 Å². The van der Waals surface area contributed by atoms with Gasteiger partial charge in [0.15, 0.2) is 5.69 Å². The van der Waals surface area contributed by atoms with Gasteiger partial charge in [0.05, 0.1) is 22.9 Å². The molecule has 0 spiro atoms. The molecule has 1 atom stereocenters. The highest BCUT2D eigenvalue weighted by Gasteiger charge is 2.39. The highest BCUT2D eigenvalue weighted by atomic mass is 35.5. The lowest BCUT2D eigenvalue weighted by Crippen LogP contribution is -2.43. The molecule has 0 bridgehead atoms. The summed E-state index contributed by atoms with van der Waals surface area (Å²) >= 11 is 6.14. The number of aromatic nitrogens is 2. The van der Waals surface area contributed by atoms with Crippen LogP contribution in [0.15, 0.2) is 0 Å². The molecule has 0 radical (unpaired) electrons. The van der Waals surface area contributed by atoms with E-state index in [2.05, 4.69) is 5.10 Å². The molecule has 0 aliphatic carbocycles. The first-order valence-corrected chi connectivity index (χ1v) is 6.97. The first kappa shape index (κ1) is 15.3. The van der Waals surface area contributed by atoms with E-state index >= 15 is 0 Å². The Morgan fingerprint density at radius 3 is 2.70 bits per heavy atom. The minimum atomic E-state index is -0.852. The number of carbonyl (C=O) groups is 1. The van der Waals surface area contributed by atoms with Gasteiger partial charge in [0.2, 0.25) is 0 Å². The third kappa shape index (κ3) is 2.82. The number of rotatable bonds is 3. The van der Waals surface area contributed by atoms with Crippen LogP contribution in [0, 0.1) is 6.92 Å². The molecule has 20 heavy (non-hydrogen) atoms. The second-order valence-corrected chi connectivity index (χ2v) is 6.19. The van der Waals surface area contributed by atoms with Crippen molar-refractivity contribution in [2.24, 2.45) is 7.05 Å². The molecule has 2 heterocycles. The van der Waals surface area contributed by atoms with Crippen LogP contribution in [0.3, 0.4) is 0 Å². The van der Waals surface area contributed by atoms with Gasteiger partial charge in [-0.25, -0.2) is 0 Å². The number of amides is 1. The molecule has 7 heteroatoms. The van der Waals surface area contributed by atoms with E-state index in [-0.39, 0.29) is 11.6 Å². The second kappa shape index (κ2) is 5.35. The van der Waals surface area contributed by atoms with Crippen LogP contribution in [-0.4, -0.2) is 69.9 Å². The van der Waals surface area contributed by atoms with Crippen molar-refractivity contribution in [3.05, 3.63) is 16.4 Å². The maximum atomic E-state index is 12.4. The quantitative estimate of drug-likeness (QED) is 0.884. The van der Waals surface area contributed by atoms with Gasteiger partial charge >= 0.3 is 0 Å².